The molecule has 6 rings (SSSR count). The third-order valence-electron chi connectivity index (χ3n) is 6.60. The van der Waals surface area contributed by atoms with Crippen molar-refractivity contribution in [2.45, 2.75) is 32.2 Å². The van der Waals surface area contributed by atoms with Crippen molar-refractivity contribution in [2.24, 2.45) is 5.92 Å². The molecule has 9 heteroatoms. The molecule has 7 nitrogen and oxygen atoms in total. The van der Waals surface area contributed by atoms with Crippen LogP contribution in [0.4, 0.5) is 9.18 Å². The number of thiophene rings is 1. The molecular weight excluding hydrogens is 491 g/mol. The average Bonchev–Trinajstić information content (AvgIpc) is 3.43. The number of carbonyl (C=O) groups excluding carboxylic acids is 2. The van der Waals surface area contributed by atoms with Crippen LogP contribution in [0.3, 0.4) is 0 Å². The maximum atomic E-state index is 14.9. The van der Waals surface area contributed by atoms with Crippen molar-refractivity contribution in [3.05, 3.63) is 71.8 Å². The first-order valence-corrected chi connectivity index (χ1v) is 13.2. The van der Waals surface area contributed by atoms with E-state index in [2.05, 4.69) is 15.3 Å². The number of carbonyl (C=O) groups is 2. The van der Waals surface area contributed by atoms with Crippen LogP contribution in [0, 0.1) is 11.7 Å². The zero-order valence-electron chi connectivity index (χ0n) is 20.1. The van der Waals surface area contributed by atoms with Crippen molar-refractivity contribution >= 4 is 33.4 Å². The van der Waals surface area contributed by atoms with Gasteiger partial charge in [-0.25, -0.2) is 9.18 Å². The zero-order valence-corrected chi connectivity index (χ0v) is 20.9. The Kier molecular flexibility index (Phi) is 6.30. The molecule has 2 fully saturated rings. The molecule has 0 radical (unpaired) electrons. The van der Waals surface area contributed by atoms with Crippen LogP contribution in [0.25, 0.3) is 20.8 Å². The van der Waals surface area contributed by atoms with E-state index >= 15 is 0 Å². The van der Waals surface area contributed by atoms with Crippen LogP contribution in [0.2, 0.25) is 0 Å². The van der Waals surface area contributed by atoms with Gasteiger partial charge in [-0.3, -0.25) is 14.8 Å². The van der Waals surface area contributed by atoms with Gasteiger partial charge in [-0.2, -0.15) is 0 Å². The van der Waals surface area contributed by atoms with Crippen LogP contribution >= 0.6 is 11.3 Å². The summed E-state index contributed by atoms with van der Waals surface area (Å²) < 4.78 is 21.6. The third-order valence-corrected chi connectivity index (χ3v) is 7.76. The summed E-state index contributed by atoms with van der Waals surface area (Å²) in [5, 5.41) is 2.80. The molecule has 2 amide bonds. The van der Waals surface area contributed by atoms with E-state index in [1.54, 1.807) is 35.5 Å². The summed E-state index contributed by atoms with van der Waals surface area (Å²) >= 11 is 1.47. The smallest absolute Gasteiger partial charge is 0.317 e. The molecule has 1 aliphatic carbocycles. The second kappa shape index (κ2) is 9.89. The van der Waals surface area contributed by atoms with Crippen molar-refractivity contribution in [1.82, 2.24) is 20.2 Å². The minimum absolute atomic E-state index is 0.0553. The van der Waals surface area contributed by atoms with E-state index in [1.165, 1.54) is 17.4 Å². The number of urea groups is 1. The van der Waals surface area contributed by atoms with Gasteiger partial charge in [-0.05, 0) is 54.2 Å². The molecular formula is C28H25FN4O3S. The number of hydrogen-bond donors (Lipinski definition) is 1. The summed E-state index contributed by atoms with van der Waals surface area (Å²) in [5.41, 5.74) is 3.14. The molecule has 3 aromatic heterocycles. The number of hydrogen-bond acceptors (Lipinski definition) is 6. The Hall–Kier alpha value is -3.85. The predicted molar refractivity (Wildman–Crippen MR) is 139 cm³/mol. The first-order valence-electron chi connectivity index (χ1n) is 12.4. The monoisotopic (exact) mass is 516 g/mol. The van der Waals surface area contributed by atoms with Gasteiger partial charge in [0, 0.05) is 50.9 Å². The Labute approximate surface area is 217 Å². The number of nitrogens with zero attached hydrogens (tertiary/aromatic N) is 3. The fraction of sp³-hybridized carbons (Fsp3) is 0.286. The molecule has 0 unspecified atom stereocenters. The highest BCUT2D eigenvalue weighted by Crippen LogP contribution is 2.39. The summed E-state index contributed by atoms with van der Waals surface area (Å²) in [7, 11) is 0. The lowest BCUT2D eigenvalue weighted by Gasteiger charge is -2.13. The highest BCUT2D eigenvalue weighted by atomic mass is 32.1. The Morgan fingerprint density at radius 2 is 1.97 bits per heavy atom. The molecule has 4 aromatic rings. The van der Waals surface area contributed by atoms with Gasteiger partial charge < -0.3 is 15.0 Å². The van der Waals surface area contributed by atoms with Gasteiger partial charge in [-0.1, -0.05) is 12.1 Å². The number of benzene rings is 1. The molecule has 0 bridgehead atoms. The number of amides is 2. The molecule has 1 N–H and O–H groups in total. The first kappa shape index (κ1) is 23.5. The maximum Gasteiger partial charge on any atom is 0.317 e. The normalized spacial score (nSPS) is 15.3. The van der Waals surface area contributed by atoms with Gasteiger partial charge in [0.25, 0.3) is 0 Å². The number of ether oxygens (including phenoxy) is 1. The molecule has 1 aromatic carbocycles. The maximum absolute atomic E-state index is 14.9. The summed E-state index contributed by atoms with van der Waals surface area (Å²) in [6.45, 7) is 1.87. The lowest BCUT2D eigenvalue weighted by Crippen LogP contribution is -2.27. The van der Waals surface area contributed by atoms with Gasteiger partial charge in [0.15, 0.2) is 11.6 Å². The number of pyridine rings is 2. The molecule has 2 aliphatic rings. The third kappa shape index (κ3) is 5.32. The number of ketones is 1. The molecule has 188 valence electrons. The van der Waals surface area contributed by atoms with Crippen LogP contribution in [-0.4, -0.2) is 39.8 Å². The van der Waals surface area contributed by atoms with Crippen LogP contribution < -0.4 is 10.1 Å². The zero-order chi connectivity index (χ0) is 25.4. The molecule has 37 heavy (non-hydrogen) atoms. The number of Topliss-reactive ketones (excluding diaryl/α,β-unsaturated/α-hetero) is 1. The molecule has 0 atom stereocenters. The topological polar surface area (TPSA) is 84.4 Å². The van der Waals surface area contributed by atoms with Gasteiger partial charge in [0.05, 0.1) is 20.8 Å². The lowest BCUT2D eigenvalue weighted by atomic mass is 10.0. The summed E-state index contributed by atoms with van der Waals surface area (Å²) in [6.07, 6.45) is 6.49. The molecule has 1 saturated carbocycles. The second-order valence-electron chi connectivity index (χ2n) is 9.57. The fourth-order valence-corrected chi connectivity index (χ4v) is 5.51. The molecule has 4 heterocycles. The Morgan fingerprint density at radius 3 is 2.70 bits per heavy atom. The van der Waals surface area contributed by atoms with Crippen LogP contribution in [0.15, 0.2) is 54.9 Å². The van der Waals surface area contributed by atoms with E-state index in [4.69, 9.17) is 4.74 Å². The van der Waals surface area contributed by atoms with E-state index in [1.807, 2.05) is 18.2 Å². The van der Waals surface area contributed by atoms with Crippen molar-refractivity contribution in [1.29, 1.82) is 0 Å². The number of halogens is 1. The van der Waals surface area contributed by atoms with Crippen LogP contribution in [0.1, 0.15) is 30.4 Å². The van der Waals surface area contributed by atoms with E-state index in [9.17, 15) is 14.0 Å². The number of fused-ring (bicyclic) bond motifs is 1. The summed E-state index contributed by atoms with van der Waals surface area (Å²) in [4.78, 5) is 35.6. The average molecular weight is 517 g/mol. The van der Waals surface area contributed by atoms with E-state index in [-0.39, 0.29) is 24.0 Å². The largest absolute Gasteiger partial charge is 0.453 e. The van der Waals surface area contributed by atoms with Crippen molar-refractivity contribution in [3.8, 4) is 22.1 Å². The van der Waals surface area contributed by atoms with Gasteiger partial charge in [0.1, 0.15) is 11.5 Å². The highest BCUT2D eigenvalue weighted by Gasteiger charge is 2.24. The van der Waals surface area contributed by atoms with Gasteiger partial charge in [0.2, 0.25) is 0 Å². The standard InChI is InChI=1S/C28H25FN4O3S/c29-21-13-18(12-20(34)11-17-1-2-17)4-6-24(21)36-25-7-8-30-23-14-26(37-27(23)25)22-5-3-19(15-32-22)16-33-10-9-31-28(33)35/h3-8,13-15,17H,1-2,9-12,16H2,(H,31,35). The van der Waals surface area contributed by atoms with Crippen LogP contribution in [0.5, 0.6) is 11.5 Å². The number of nitrogens with one attached hydrogen (secondary N) is 1. The van der Waals surface area contributed by atoms with E-state index in [0.717, 1.165) is 39.2 Å². The highest BCUT2D eigenvalue weighted by molar-refractivity contribution is 7.22. The second-order valence-corrected chi connectivity index (χ2v) is 10.6. The van der Waals surface area contributed by atoms with Crippen LogP contribution in [-0.2, 0) is 17.8 Å². The fourth-order valence-electron chi connectivity index (χ4n) is 4.47. The number of rotatable bonds is 9. The minimum atomic E-state index is -0.498. The van der Waals surface area contributed by atoms with E-state index < -0.39 is 5.82 Å². The Balaban J connectivity index is 1.18. The summed E-state index contributed by atoms with van der Waals surface area (Å²) in [5.74, 6) is 0.794. The van der Waals surface area contributed by atoms with Crippen molar-refractivity contribution in [3.63, 3.8) is 0 Å². The molecule has 0 spiro atoms. The summed E-state index contributed by atoms with van der Waals surface area (Å²) in [6, 6.07) is 12.2. The van der Waals surface area contributed by atoms with Crippen molar-refractivity contribution in [2.75, 3.05) is 13.1 Å². The molecule has 1 aliphatic heterocycles. The van der Waals surface area contributed by atoms with Gasteiger partial charge in [-0.15, -0.1) is 11.3 Å². The lowest BCUT2D eigenvalue weighted by molar-refractivity contribution is -0.118. The SMILES string of the molecule is O=C(Cc1ccc(Oc2ccnc3cc(-c4ccc(CN5CCNC5=O)cn4)sc23)c(F)c1)CC1CC1. The Bertz CT molecular complexity index is 1480. The number of aromatic nitrogens is 2. The van der Waals surface area contributed by atoms with E-state index in [0.29, 0.717) is 43.3 Å². The minimum Gasteiger partial charge on any atom is -0.453 e. The quantitative estimate of drug-likeness (QED) is 0.307. The van der Waals surface area contributed by atoms with Gasteiger partial charge >= 0.3 is 6.03 Å². The Morgan fingerprint density at radius 1 is 1.11 bits per heavy atom. The van der Waals surface area contributed by atoms with Crippen molar-refractivity contribution < 1.29 is 18.7 Å². The first-order chi connectivity index (χ1) is 18.0. The predicted octanol–water partition coefficient (Wildman–Crippen LogP) is 5.73. The molecule has 1 saturated heterocycles.